The molecule has 0 N–H and O–H groups in total. The molecule has 0 saturated heterocycles. The minimum atomic E-state index is 0.745. The van der Waals surface area contributed by atoms with Crippen LogP contribution in [0.4, 0.5) is 0 Å². The van der Waals surface area contributed by atoms with E-state index in [0.717, 1.165) is 60.8 Å². The first kappa shape index (κ1) is 29.5. The van der Waals surface area contributed by atoms with Gasteiger partial charge in [0.05, 0.1) is 31.8 Å². The van der Waals surface area contributed by atoms with Crippen LogP contribution in [-0.2, 0) is 0 Å². The summed E-state index contributed by atoms with van der Waals surface area (Å²) < 4.78 is 4.85. The third kappa shape index (κ3) is 4.60. The first-order valence-electron chi connectivity index (χ1n) is 17.4. The van der Waals surface area contributed by atoms with E-state index in [1.54, 1.807) is 11.3 Å². The second kappa shape index (κ2) is 11.6. The molecule has 0 aliphatic heterocycles. The lowest BCUT2D eigenvalue weighted by molar-refractivity contribution is 1.24. The van der Waals surface area contributed by atoms with Crippen LogP contribution < -0.4 is 0 Å². The van der Waals surface area contributed by atoms with Crippen LogP contribution in [0.25, 0.3) is 107 Å². The van der Waals surface area contributed by atoms with E-state index in [2.05, 4.69) is 146 Å². The number of hydrogen-bond donors (Lipinski definition) is 0. The van der Waals surface area contributed by atoms with Crippen molar-refractivity contribution in [2.24, 2.45) is 0 Å². The SMILES string of the molecule is c1ccc(-c2nc(-c3ccc(-c4ccc(-c5nc6ccc7ccccc7c6c6c5sc5ccccc56)cc4)cc3)c3sc4ccccc4c3n2)cc1. The number of fused-ring (bicyclic) bond motifs is 10. The molecule has 11 aromatic rings. The molecule has 242 valence electrons. The average Bonchev–Trinajstić information content (AvgIpc) is 3.80. The van der Waals surface area contributed by atoms with Crippen LogP contribution in [0.2, 0.25) is 0 Å². The molecule has 0 aliphatic carbocycles. The van der Waals surface area contributed by atoms with Crippen LogP contribution in [0.3, 0.4) is 0 Å². The van der Waals surface area contributed by atoms with E-state index in [1.165, 1.54) is 46.4 Å². The summed E-state index contributed by atoms with van der Waals surface area (Å²) in [5.41, 5.74) is 9.56. The molecule has 11 rings (SSSR count). The Morgan fingerprint density at radius 3 is 1.63 bits per heavy atom. The fraction of sp³-hybridized carbons (Fsp3) is 0. The van der Waals surface area contributed by atoms with Crippen molar-refractivity contribution in [1.82, 2.24) is 15.0 Å². The van der Waals surface area contributed by atoms with Gasteiger partial charge in [-0.25, -0.2) is 15.0 Å². The van der Waals surface area contributed by atoms with Gasteiger partial charge in [0.15, 0.2) is 5.82 Å². The Morgan fingerprint density at radius 2 is 0.904 bits per heavy atom. The van der Waals surface area contributed by atoms with Crippen molar-refractivity contribution < 1.29 is 0 Å². The maximum Gasteiger partial charge on any atom is 0.160 e. The van der Waals surface area contributed by atoms with E-state index in [9.17, 15) is 0 Å². The van der Waals surface area contributed by atoms with E-state index in [1.807, 2.05) is 29.5 Å². The van der Waals surface area contributed by atoms with Crippen LogP contribution in [0, 0.1) is 0 Å². The Kier molecular flexibility index (Phi) is 6.59. The predicted octanol–water partition coefficient (Wildman–Crippen LogP) is 13.6. The lowest BCUT2D eigenvalue weighted by atomic mass is 9.97. The summed E-state index contributed by atoms with van der Waals surface area (Å²) >= 11 is 3.60. The number of thiophene rings is 2. The van der Waals surface area contributed by atoms with Crippen LogP contribution >= 0.6 is 22.7 Å². The van der Waals surface area contributed by atoms with E-state index < -0.39 is 0 Å². The third-order valence-electron chi connectivity index (χ3n) is 10.1. The quantitative estimate of drug-likeness (QED) is 0.172. The fourth-order valence-electron chi connectivity index (χ4n) is 7.59. The number of hydrogen-bond acceptors (Lipinski definition) is 5. The molecule has 0 amide bonds. The zero-order valence-electron chi connectivity index (χ0n) is 27.7. The summed E-state index contributed by atoms with van der Waals surface area (Å²) in [6, 6.07) is 58.2. The van der Waals surface area contributed by atoms with Crippen molar-refractivity contribution in [3.63, 3.8) is 0 Å². The van der Waals surface area contributed by atoms with Crippen LogP contribution in [0.1, 0.15) is 0 Å². The van der Waals surface area contributed by atoms with Gasteiger partial charge in [0.25, 0.3) is 0 Å². The first-order chi connectivity index (χ1) is 25.8. The molecule has 0 aliphatic rings. The van der Waals surface area contributed by atoms with Crippen LogP contribution in [-0.4, -0.2) is 15.0 Å². The van der Waals surface area contributed by atoms with Crippen molar-refractivity contribution in [2.45, 2.75) is 0 Å². The lowest BCUT2D eigenvalue weighted by Crippen LogP contribution is -1.93. The van der Waals surface area contributed by atoms with Gasteiger partial charge in [0.2, 0.25) is 0 Å². The smallest absolute Gasteiger partial charge is 0.160 e. The highest BCUT2D eigenvalue weighted by atomic mass is 32.1. The molecule has 5 heteroatoms. The third-order valence-corrected chi connectivity index (χ3v) is 12.4. The topological polar surface area (TPSA) is 38.7 Å². The van der Waals surface area contributed by atoms with Gasteiger partial charge in [-0.15, -0.1) is 22.7 Å². The number of rotatable bonds is 4. The Labute approximate surface area is 307 Å². The highest BCUT2D eigenvalue weighted by molar-refractivity contribution is 7.26. The predicted molar refractivity (Wildman–Crippen MR) is 222 cm³/mol. The van der Waals surface area contributed by atoms with Crippen molar-refractivity contribution in [3.8, 4) is 45.0 Å². The Hall–Kier alpha value is -6.27. The highest BCUT2D eigenvalue weighted by Gasteiger charge is 2.19. The number of pyridine rings is 1. The van der Waals surface area contributed by atoms with Gasteiger partial charge in [-0.1, -0.05) is 146 Å². The number of aromatic nitrogens is 3. The molecule has 0 bridgehead atoms. The summed E-state index contributed by atoms with van der Waals surface area (Å²) in [6.07, 6.45) is 0. The molecule has 0 unspecified atom stereocenters. The highest BCUT2D eigenvalue weighted by Crippen LogP contribution is 2.45. The van der Waals surface area contributed by atoms with Gasteiger partial charge in [0.1, 0.15) is 0 Å². The Balaban J connectivity index is 1.01. The number of nitrogens with zero attached hydrogens (tertiary/aromatic N) is 3. The summed E-state index contributed by atoms with van der Waals surface area (Å²) in [7, 11) is 0. The zero-order chi connectivity index (χ0) is 34.2. The molecule has 0 spiro atoms. The van der Waals surface area contributed by atoms with Crippen LogP contribution in [0.5, 0.6) is 0 Å². The average molecular weight is 698 g/mol. The normalized spacial score (nSPS) is 11.8. The molecule has 0 atom stereocenters. The zero-order valence-corrected chi connectivity index (χ0v) is 29.4. The first-order valence-corrected chi connectivity index (χ1v) is 19.0. The van der Waals surface area contributed by atoms with Gasteiger partial charge < -0.3 is 0 Å². The fourth-order valence-corrected chi connectivity index (χ4v) is 9.96. The molecular formula is C47H27N3S2. The van der Waals surface area contributed by atoms with E-state index >= 15 is 0 Å². The van der Waals surface area contributed by atoms with Gasteiger partial charge in [0, 0.05) is 47.6 Å². The molecule has 0 saturated carbocycles. The molecule has 3 nitrogen and oxygen atoms in total. The van der Waals surface area contributed by atoms with Gasteiger partial charge >= 0.3 is 0 Å². The molecule has 7 aromatic carbocycles. The van der Waals surface area contributed by atoms with E-state index in [4.69, 9.17) is 15.0 Å². The Morgan fingerprint density at radius 1 is 0.346 bits per heavy atom. The van der Waals surface area contributed by atoms with Crippen LogP contribution in [0.15, 0.2) is 164 Å². The molecule has 0 radical (unpaired) electrons. The van der Waals surface area contributed by atoms with Gasteiger partial charge in [-0.2, -0.15) is 0 Å². The lowest BCUT2D eigenvalue weighted by Gasteiger charge is -2.11. The largest absolute Gasteiger partial charge is 0.246 e. The minimum Gasteiger partial charge on any atom is -0.246 e. The standard InChI is InChI=1S/C47H27N3S2/c1-2-11-33(12-3-1)47-49-43(46-44(50-47)36-15-7-9-17-39(36)52-46)32-24-20-29(21-25-32)28-18-22-31(23-19-28)42-45-41(35-14-6-8-16-38(35)51-45)40-34-13-5-4-10-30(34)26-27-37(40)48-42/h1-27H. The van der Waals surface area contributed by atoms with Gasteiger partial charge in [-0.05, 0) is 40.1 Å². The van der Waals surface area contributed by atoms with Gasteiger partial charge in [-0.3, -0.25) is 0 Å². The second-order valence-electron chi connectivity index (χ2n) is 13.1. The summed E-state index contributed by atoms with van der Waals surface area (Å²) in [4.78, 5) is 15.6. The van der Waals surface area contributed by atoms with E-state index in [-0.39, 0.29) is 0 Å². The maximum absolute atomic E-state index is 5.34. The van der Waals surface area contributed by atoms with Crippen molar-refractivity contribution >= 4 is 84.8 Å². The molecule has 52 heavy (non-hydrogen) atoms. The monoisotopic (exact) mass is 697 g/mol. The molecular weight excluding hydrogens is 671 g/mol. The molecule has 0 fully saturated rings. The van der Waals surface area contributed by atoms with Crippen molar-refractivity contribution in [3.05, 3.63) is 164 Å². The van der Waals surface area contributed by atoms with Crippen molar-refractivity contribution in [1.29, 1.82) is 0 Å². The summed E-state index contributed by atoms with van der Waals surface area (Å²) in [5, 5.41) is 7.47. The Bertz CT molecular complexity index is 3160. The second-order valence-corrected chi connectivity index (χ2v) is 15.2. The van der Waals surface area contributed by atoms with Crippen molar-refractivity contribution in [2.75, 3.05) is 0 Å². The summed E-state index contributed by atoms with van der Waals surface area (Å²) in [6.45, 7) is 0. The maximum atomic E-state index is 5.34. The number of benzene rings is 7. The molecule has 4 aromatic heterocycles. The van der Waals surface area contributed by atoms with E-state index in [0.29, 0.717) is 0 Å². The summed E-state index contributed by atoms with van der Waals surface area (Å²) in [5.74, 6) is 0.745. The minimum absolute atomic E-state index is 0.745. The molecule has 4 heterocycles.